The van der Waals surface area contributed by atoms with Crippen LogP contribution in [-0.2, 0) is 4.79 Å². The van der Waals surface area contributed by atoms with Gasteiger partial charge in [-0.05, 0) is 56.4 Å². The third-order valence-electron chi connectivity index (χ3n) is 3.40. The summed E-state index contributed by atoms with van der Waals surface area (Å²) in [6, 6.07) is 13.2. The summed E-state index contributed by atoms with van der Waals surface area (Å²) in [6.07, 6.45) is 0. The quantitative estimate of drug-likeness (QED) is 0.758. The Balaban J connectivity index is 1.69. The van der Waals surface area contributed by atoms with Gasteiger partial charge in [-0.25, -0.2) is 4.39 Å². The Kier molecular flexibility index (Phi) is 7.22. The summed E-state index contributed by atoms with van der Waals surface area (Å²) in [5, 5.41) is 2.66. The lowest BCUT2D eigenvalue weighted by Crippen LogP contribution is -2.33. The molecule has 5 nitrogen and oxygen atoms in total. The largest absolute Gasteiger partial charge is 0.494 e. The number of hydrogen-bond donors (Lipinski definition) is 1. The normalized spacial score (nSPS) is 10.6. The van der Waals surface area contributed by atoms with Gasteiger partial charge in [0.05, 0.1) is 13.2 Å². The molecule has 2 aromatic rings. The van der Waals surface area contributed by atoms with Gasteiger partial charge in [-0.1, -0.05) is 6.07 Å². The van der Waals surface area contributed by atoms with Crippen molar-refractivity contribution < 1.29 is 18.7 Å². The highest BCUT2D eigenvalue weighted by Gasteiger charge is 2.07. The van der Waals surface area contributed by atoms with Gasteiger partial charge in [-0.3, -0.25) is 9.69 Å². The molecule has 0 aliphatic rings. The Morgan fingerprint density at radius 1 is 1.12 bits per heavy atom. The molecule has 0 aliphatic heterocycles. The zero-order chi connectivity index (χ0) is 18.1. The van der Waals surface area contributed by atoms with Crippen molar-refractivity contribution >= 4 is 11.6 Å². The maximum atomic E-state index is 13.1. The van der Waals surface area contributed by atoms with Crippen LogP contribution in [0.25, 0.3) is 0 Å². The summed E-state index contributed by atoms with van der Waals surface area (Å²) in [5.41, 5.74) is 0.448. The minimum Gasteiger partial charge on any atom is -0.494 e. The van der Waals surface area contributed by atoms with Gasteiger partial charge in [0.25, 0.3) is 0 Å². The van der Waals surface area contributed by atoms with Crippen molar-refractivity contribution in [3.63, 3.8) is 0 Å². The highest BCUT2D eigenvalue weighted by atomic mass is 19.1. The highest BCUT2D eigenvalue weighted by Crippen LogP contribution is 2.17. The third kappa shape index (κ3) is 6.81. The van der Waals surface area contributed by atoms with E-state index in [1.807, 2.05) is 43.1 Å². The number of benzene rings is 2. The molecule has 0 bridgehead atoms. The van der Waals surface area contributed by atoms with E-state index in [2.05, 4.69) is 5.32 Å². The predicted molar refractivity (Wildman–Crippen MR) is 95.6 cm³/mol. The average Bonchev–Trinajstić information content (AvgIpc) is 2.56. The Hall–Kier alpha value is -2.60. The molecule has 0 saturated carbocycles. The molecule has 0 spiro atoms. The number of ether oxygens (including phenoxy) is 2. The van der Waals surface area contributed by atoms with Gasteiger partial charge in [0.15, 0.2) is 0 Å². The van der Waals surface area contributed by atoms with Crippen LogP contribution in [0.3, 0.4) is 0 Å². The van der Waals surface area contributed by atoms with Crippen molar-refractivity contribution in [2.45, 2.75) is 6.92 Å². The van der Waals surface area contributed by atoms with E-state index in [-0.39, 0.29) is 18.3 Å². The summed E-state index contributed by atoms with van der Waals surface area (Å²) in [5.74, 6) is 0.978. The number of carbonyl (C=O) groups is 1. The predicted octanol–water partition coefficient (Wildman–Crippen LogP) is 3.17. The molecule has 0 fully saturated rings. The molecule has 134 valence electrons. The summed E-state index contributed by atoms with van der Waals surface area (Å²) in [6.45, 7) is 3.80. The molecule has 0 unspecified atom stereocenters. The van der Waals surface area contributed by atoms with E-state index in [9.17, 15) is 9.18 Å². The van der Waals surface area contributed by atoms with E-state index < -0.39 is 0 Å². The topological polar surface area (TPSA) is 50.8 Å². The Labute approximate surface area is 147 Å². The SMILES string of the molecule is CCOc1ccc(OCCN(C)CC(=O)Nc2cccc(F)c2)cc1. The second-order valence-electron chi connectivity index (χ2n) is 5.55. The number of likely N-dealkylation sites (N-methyl/N-ethyl adjacent to an activating group) is 1. The first-order valence-corrected chi connectivity index (χ1v) is 8.16. The minimum absolute atomic E-state index is 0.198. The summed E-state index contributed by atoms with van der Waals surface area (Å²) >= 11 is 0. The molecule has 0 aliphatic carbocycles. The number of anilines is 1. The molecule has 2 rings (SSSR count). The maximum absolute atomic E-state index is 13.1. The molecule has 0 heterocycles. The lowest BCUT2D eigenvalue weighted by molar-refractivity contribution is -0.117. The van der Waals surface area contributed by atoms with Gasteiger partial charge in [0.1, 0.15) is 23.9 Å². The maximum Gasteiger partial charge on any atom is 0.238 e. The fourth-order valence-corrected chi connectivity index (χ4v) is 2.21. The molecule has 0 aromatic heterocycles. The molecule has 1 N–H and O–H groups in total. The van der Waals surface area contributed by atoms with Crippen LogP contribution < -0.4 is 14.8 Å². The van der Waals surface area contributed by atoms with Gasteiger partial charge >= 0.3 is 0 Å². The second kappa shape index (κ2) is 9.64. The molecule has 0 saturated heterocycles. The Bertz CT molecular complexity index is 677. The molecule has 0 atom stereocenters. The summed E-state index contributed by atoms with van der Waals surface area (Å²) in [7, 11) is 1.83. The number of halogens is 1. The first-order valence-electron chi connectivity index (χ1n) is 8.16. The Morgan fingerprint density at radius 3 is 2.44 bits per heavy atom. The number of nitrogens with zero attached hydrogens (tertiary/aromatic N) is 1. The van der Waals surface area contributed by atoms with Crippen LogP contribution in [0.4, 0.5) is 10.1 Å². The molecule has 6 heteroatoms. The van der Waals surface area contributed by atoms with Crippen molar-refractivity contribution in [3.8, 4) is 11.5 Å². The van der Waals surface area contributed by atoms with E-state index in [0.717, 1.165) is 11.5 Å². The zero-order valence-electron chi connectivity index (χ0n) is 14.5. The molecule has 25 heavy (non-hydrogen) atoms. The lowest BCUT2D eigenvalue weighted by Gasteiger charge is -2.16. The first kappa shape index (κ1) is 18.7. The smallest absolute Gasteiger partial charge is 0.238 e. The van der Waals surface area contributed by atoms with Crippen molar-refractivity contribution in [2.75, 3.05) is 38.7 Å². The van der Waals surface area contributed by atoms with E-state index in [1.165, 1.54) is 12.1 Å². The zero-order valence-corrected chi connectivity index (χ0v) is 14.5. The van der Waals surface area contributed by atoms with E-state index >= 15 is 0 Å². The van der Waals surface area contributed by atoms with Crippen LogP contribution in [0, 0.1) is 5.82 Å². The van der Waals surface area contributed by atoms with E-state index in [4.69, 9.17) is 9.47 Å². The van der Waals surface area contributed by atoms with Crippen molar-refractivity contribution in [1.82, 2.24) is 4.90 Å². The fraction of sp³-hybridized carbons (Fsp3) is 0.316. The number of nitrogens with one attached hydrogen (secondary N) is 1. The third-order valence-corrected chi connectivity index (χ3v) is 3.40. The first-order chi connectivity index (χ1) is 12.1. The van der Waals surface area contributed by atoms with E-state index in [0.29, 0.717) is 25.4 Å². The van der Waals surface area contributed by atoms with Crippen LogP contribution in [0.5, 0.6) is 11.5 Å². The Morgan fingerprint density at radius 2 is 1.80 bits per heavy atom. The minimum atomic E-state index is -0.380. The molecular weight excluding hydrogens is 323 g/mol. The van der Waals surface area contributed by atoms with Crippen molar-refractivity contribution in [1.29, 1.82) is 0 Å². The lowest BCUT2D eigenvalue weighted by atomic mass is 10.3. The fourth-order valence-electron chi connectivity index (χ4n) is 2.21. The highest BCUT2D eigenvalue weighted by molar-refractivity contribution is 5.92. The van der Waals surface area contributed by atoms with Crippen LogP contribution in [0.1, 0.15) is 6.92 Å². The van der Waals surface area contributed by atoms with Gasteiger partial charge in [0, 0.05) is 12.2 Å². The molecule has 1 amide bonds. The molecule has 0 radical (unpaired) electrons. The van der Waals surface area contributed by atoms with Crippen LogP contribution in [-0.4, -0.2) is 44.2 Å². The van der Waals surface area contributed by atoms with Gasteiger partial charge in [0.2, 0.25) is 5.91 Å². The summed E-state index contributed by atoms with van der Waals surface area (Å²) < 4.78 is 24.1. The van der Waals surface area contributed by atoms with Crippen LogP contribution in [0.15, 0.2) is 48.5 Å². The van der Waals surface area contributed by atoms with Crippen LogP contribution >= 0.6 is 0 Å². The van der Waals surface area contributed by atoms with Gasteiger partial charge in [-0.2, -0.15) is 0 Å². The number of amides is 1. The molecule has 2 aromatic carbocycles. The molecular formula is C19H23FN2O3. The summed E-state index contributed by atoms with van der Waals surface area (Å²) in [4.78, 5) is 13.8. The van der Waals surface area contributed by atoms with E-state index in [1.54, 1.807) is 12.1 Å². The number of hydrogen-bond acceptors (Lipinski definition) is 4. The van der Waals surface area contributed by atoms with Crippen molar-refractivity contribution in [2.24, 2.45) is 0 Å². The van der Waals surface area contributed by atoms with Gasteiger partial charge < -0.3 is 14.8 Å². The second-order valence-corrected chi connectivity index (χ2v) is 5.55. The van der Waals surface area contributed by atoms with Crippen LogP contribution in [0.2, 0.25) is 0 Å². The van der Waals surface area contributed by atoms with Crippen molar-refractivity contribution in [3.05, 3.63) is 54.3 Å². The number of rotatable bonds is 9. The average molecular weight is 346 g/mol. The van der Waals surface area contributed by atoms with Gasteiger partial charge in [-0.15, -0.1) is 0 Å². The standard InChI is InChI=1S/C19H23FN2O3/c1-3-24-17-7-9-18(10-8-17)25-12-11-22(2)14-19(23)21-16-6-4-5-15(20)13-16/h4-10,13H,3,11-12,14H2,1-2H3,(H,21,23). The number of carbonyl (C=O) groups excluding carboxylic acids is 1. The monoisotopic (exact) mass is 346 g/mol.